The Balaban J connectivity index is 0. The molecule has 0 unspecified atom stereocenters. The summed E-state index contributed by atoms with van der Waals surface area (Å²) in [4.78, 5) is 0. The van der Waals surface area contributed by atoms with Gasteiger partial charge in [-0.1, -0.05) is 13.3 Å². The molecule has 0 aromatic heterocycles. The summed E-state index contributed by atoms with van der Waals surface area (Å²) in [7, 11) is -2.61. The number of hydrogen-bond donors (Lipinski definition) is 1. The van der Waals surface area contributed by atoms with Crippen LogP contribution in [0.1, 0.15) is 19.8 Å². The summed E-state index contributed by atoms with van der Waals surface area (Å²) in [6.45, 7) is 2.30. The summed E-state index contributed by atoms with van der Waals surface area (Å²) in [6.07, 6.45) is 1.77. The maximum atomic E-state index is 9.69. The zero-order valence-electron chi connectivity index (χ0n) is 4.79. The molecule has 0 N–H and O–H groups in total. The number of thiol groups is 1. The second kappa shape index (κ2) is 9.55. The van der Waals surface area contributed by atoms with E-state index in [1.807, 2.05) is 6.92 Å². The van der Waals surface area contributed by atoms with Gasteiger partial charge in [-0.3, -0.25) is 4.18 Å². The Morgan fingerprint density at radius 3 is 2.33 bits per heavy atom. The van der Waals surface area contributed by atoms with E-state index >= 15 is 0 Å². The summed E-state index contributed by atoms with van der Waals surface area (Å²) in [5.41, 5.74) is 0. The molecule has 9 heavy (non-hydrogen) atoms. The quantitative estimate of drug-likeness (QED) is 0.364. The van der Waals surface area contributed by atoms with Gasteiger partial charge in [-0.05, 0) is 6.42 Å². The molecule has 0 aliphatic rings. The molecule has 0 heterocycles. The van der Waals surface area contributed by atoms with E-state index < -0.39 is 11.0 Å². The molecule has 0 saturated heterocycles. The van der Waals surface area contributed by atoms with E-state index in [2.05, 4.69) is 4.18 Å². The van der Waals surface area contributed by atoms with E-state index in [0.29, 0.717) is 6.61 Å². The first-order valence-electron chi connectivity index (χ1n) is 2.54. The Morgan fingerprint density at radius 2 is 2.00 bits per heavy atom. The Bertz CT molecular complexity index is 104. The monoisotopic (exact) mass is 178 g/mol. The van der Waals surface area contributed by atoms with Crippen LogP contribution < -0.4 is 0 Å². The average Bonchev–Trinajstić information content (AvgIpc) is 1.66. The Labute approximate surface area is 99.7 Å². The molecule has 0 saturated carbocycles. The average molecular weight is 178 g/mol. The first-order valence-corrected chi connectivity index (χ1v) is 3.64. The van der Waals surface area contributed by atoms with E-state index in [-0.39, 0.29) is 51.4 Å². The topological polar surface area (TPSA) is 43.4 Å². The van der Waals surface area contributed by atoms with Crippen LogP contribution in [-0.2, 0) is 15.2 Å². The van der Waals surface area contributed by atoms with Gasteiger partial charge >= 0.3 is 51.4 Å². The zero-order chi connectivity index (χ0) is 6.41. The van der Waals surface area contributed by atoms with Crippen molar-refractivity contribution in [3.8, 4) is 0 Å². The van der Waals surface area contributed by atoms with Gasteiger partial charge in [-0.15, -0.1) is 0 Å². The molecule has 0 amide bonds. The molecule has 0 bridgehead atoms. The van der Waals surface area contributed by atoms with Crippen LogP contribution >= 0.6 is 0 Å². The molecule has 5 heteroatoms. The minimum atomic E-state index is -2.61. The van der Waals surface area contributed by atoms with Crippen molar-refractivity contribution in [1.29, 1.82) is 0 Å². The standard InChI is InChI=1S/C4H10O3S.K.H/c1-2-3-4-7-8(5)6;;/h8H,2-4H2,1H3;;. The summed E-state index contributed by atoms with van der Waals surface area (Å²) in [5, 5.41) is 0. The van der Waals surface area contributed by atoms with Crippen molar-refractivity contribution in [2.45, 2.75) is 19.8 Å². The fourth-order valence-electron chi connectivity index (χ4n) is 0.283. The molecule has 0 aliphatic heterocycles. The van der Waals surface area contributed by atoms with Crippen molar-refractivity contribution in [2.75, 3.05) is 6.61 Å². The molecule has 3 nitrogen and oxygen atoms in total. The van der Waals surface area contributed by atoms with E-state index in [0.717, 1.165) is 12.8 Å². The second-order valence-corrected chi connectivity index (χ2v) is 2.12. The predicted molar refractivity (Wildman–Crippen MR) is 38.3 cm³/mol. The molecule has 0 rings (SSSR count). The fourth-order valence-corrected chi connectivity index (χ4v) is 0.562. The zero-order valence-corrected chi connectivity index (χ0v) is 5.69. The minimum absolute atomic E-state index is 0. The number of rotatable bonds is 4. The Hall–Kier alpha value is 1.55. The summed E-state index contributed by atoms with van der Waals surface area (Å²) in [6, 6.07) is 0. The molecular weight excluding hydrogens is 167 g/mol. The van der Waals surface area contributed by atoms with Gasteiger partial charge in [0.15, 0.2) is 0 Å². The van der Waals surface area contributed by atoms with Crippen LogP contribution in [0.25, 0.3) is 0 Å². The van der Waals surface area contributed by atoms with Crippen LogP contribution in [0.3, 0.4) is 0 Å². The Morgan fingerprint density at radius 1 is 1.44 bits per heavy atom. The van der Waals surface area contributed by atoms with Gasteiger partial charge in [0.1, 0.15) is 0 Å². The Kier molecular flexibility index (Phi) is 14.0. The van der Waals surface area contributed by atoms with Gasteiger partial charge in [-0.2, -0.15) is 0 Å². The van der Waals surface area contributed by atoms with Crippen LogP contribution in [0.15, 0.2) is 0 Å². The molecule has 0 fully saturated rings. The molecule has 0 spiro atoms. The second-order valence-electron chi connectivity index (χ2n) is 1.41. The predicted octanol–water partition coefficient (Wildman–Crippen LogP) is -0.319. The molecular formula is C4H11KO3S. The summed E-state index contributed by atoms with van der Waals surface area (Å²) >= 11 is 0. The van der Waals surface area contributed by atoms with Crippen molar-refractivity contribution in [3.05, 3.63) is 0 Å². The first-order chi connectivity index (χ1) is 3.77. The molecule has 0 atom stereocenters. The van der Waals surface area contributed by atoms with Gasteiger partial charge in [0.2, 0.25) is 0 Å². The SMILES string of the molecule is CCCCO[SH](=O)=O.[KH]. The molecule has 0 radical (unpaired) electrons. The van der Waals surface area contributed by atoms with E-state index in [9.17, 15) is 8.42 Å². The van der Waals surface area contributed by atoms with Gasteiger partial charge in [0.25, 0.3) is 11.0 Å². The fraction of sp³-hybridized carbons (Fsp3) is 1.00. The maximum absolute atomic E-state index is 9.69. The summed E-state index contributed by atoms with van der Waals surface area (Å²) < 4.78 is 23.6. The summed E-state index contributed by atoms with van der Waals surface area (Å²) in [5.74, 6) is 0. The van der Waals surface area contributed by atoms with Gasteiger partial charge in [0, 0.05) is 0 Å². The van der Waals surface area contributed by atoms with E-state index in [1.165, 1.54) is 0 Å². The third-order valence-electron chi connectivity index (χ3n) is 0.695. The van der Waals surface area contributed by atoms with E-state index in [4.69, 9.17) is 0 Å². The van der Waals surface area contributed by atoms with Crippen LogP contribution in [0.2, 0.25) is 0 Å². The first kappa shape index (κ1) is 13.2. The van der Waals surface area contributed by atoms with E-state index in [1.54, 1.807) is 0 Å². The molecule has 0 aromatic rings. The molecule has 52 valence electrons. The van der Waals surface area contributed by atoms with Crippen molar-refractivity contribution in [2.24, 2.45) is 0 Å². The van der Waals surface area contributed by atoms with Crippen LogP contribution in [-0.4, -0.2) is 66.4 Å². The van der Waals surface area contributed by atoms with Crippen molar-refractivity contribution < 1.29 is 12.6 Å². The normalized spacial score (nSPS) is 9.11. The van der Waals surface area contributed by atoms with Gasteiger partial charge in [0.05, 0.1) is 6.61 Å². The van der Waals surface area contributed by atoms with Crippen molar-refractivity contribution in [1.82, 2.24) is 0 Å². The van der Waals surface area contributed by atoms with Gasteiger partial charge < -0.3 is 0 Å². The molecule has 0 aromatic carbocycles. The number of hydrogen-bond acceptors (Lipinski definition) is 3. The molecule has 0 aliphatic carbocycles. The third-order valence-corrected chi connectivity index (χ3v) is 1.09. The van der Waals surface area contributed by atoms with Crippen LogP contribution in [0.4, 0.5) is 0 Å². The van der Waals surface area contributed by atoms with Gasteiger partial charge in [-0.25, -0.2) is 8.42 Å². The van der Waals surface area contributed by atoms with Crippen LogP contribution in [0, 0.1) is 0 Å². The van der Waals surface area contributed by atoms with Crippen molar-refractivity contribution in [3.63, 3.8) is 0 Å². The van der Waals surface area contributed by atoms with Crippen molar-refractivity contribution >= 4 is 62.4 Å². The number of unbranched alkanes of at least 4 members (excludes halogenated alkanes) is 1. The third kappa shape index (κ3) is 12.7. The van der Waals surface area contributed by atoms with Crippen LogP contribution in [0.5, 0.6) is 0 Å².